The lowest BCUT2D eigenvalue weighted by Gasteiger charge is -2.13. The lowest BCUT2D eigenvalue weighted by Crippen LogP contribution is -2.28. The maximum Gasteiger partial charge on any atom is 0.344 e. The van der Waals surface area contributed by atoms with Gasteiger partial charge in [-0.2, -0.15) is 0 Å². The highest BCUT2D eigenvalue weighted by atomic mass is 19.1. The van der Waals surface area contributed by atoms with Crippen LogP contribution in [0.4, 0.5) is 4.39 Å². The molecule has 1 heterocycles. The highest BCUT2D eigenvalue weighted by Crippen LogP contribution is 2.21. The lowest BCUT2D eigenvalue weighted by molar-refractivity contribution is -0.148. The van der Waals surface area contributed by atoms with E-state index in [1.54, 1.807) is 13.8 Å². The number of carbonyl (C=O) groups is 3. The Morgan fingerprint density at radius 3 is 2.37 bits per heavy atom. The number of benzene rings is 1. The summed E-state index contributed by atoms with van der Waals surface area (Å²) in [5.41, 5.74) is 1.36. The van der Waals surface area contributed by atoms with Gasteiger partial charge in [-0.3, -0.25) is 4.79 Å². The summed E-state index contributed by atoms with van der Waals surface area (Å²) in [6.07, 6.45) is -1.09. The van der Waals surface area contributed by atoms with E-state index in [4.69, 9.17) is 14.2 Å². The van der Waals surface area contributed by atoms with Crippen LogP contribution < -0.4 is 4.74 Å². The minimum atomic E-state index is -1.09. The van der Waals surface area contributed by atoms with Gasteiger partial charge in [0.2, 0.25) is 5.78 Å². The van der Waals surface area contributed by atoms with E-state index in [0.717, 1.165) is 0 Å². The molecule has 1 N–H and O–H groups in total. The third-order valence-corrected chi connectivity index (χ3v) is 3.92. The standard InChI is InChI=1S/C19H20FNO6/c1-10-16(19(24)25-4)11(2)21-17(10)18(23)12(3)27-15(22)9-26-14-7-5-13(20)6-8-14/h5-8,12,21H,9H2,1-4H3/t12-/m0/s1. The van der Waals surface area contributed by atoms with Gasteiger partial charge in [0.1, 0.15) is 11.6 Å². The first kappa shape index (κ1) is 20.2. The predicted molar refractivity (Wildman–Crippen MR) is 93.4 cm³/mol. The van der Waals surface area contributed by atoms with Crippen LogP contribution in [-0.4, -0.2) is 42.5 Å². The van der Waals surface area contributed by atoms with Crippen molar-refractivity contribution in [3.05, 3.63) is 52.6 Å². The second-order valence-corrected chi connectivity index (χ2v) is 5.86. The fourth-order valence-corrected chi connectivity index (χ4v) is 2.57. The molecule has 144 valence electrons. The molecule has 27 heavy (non-hydrogen) atoms. The second kappa shape index (κ2) is 8.48. The van der Waals surface area contributed by atoms with E-state index in [2.05, 4.69) is 4.98 Å². The van der Waals surface area contributed by atoms with Crippen LogP contribution in [0, 0.1) is 19.7 Å². The first-order valence-corrected chi connectivity index (χ1v) is 8.14. The third kappa shape index (κ3) is 4.72. The number of rotatable bonds is 7. The highest BCUT2D eigenvalue weighted by molar-refractivity contribution is 6.03. The number of ether oxygens (including phenoxy) is 3. The van der Waals surface area contributed by atoms with Crippen molar-refractivity contribution in [3.8, 4) is 5.75 Å². The van der Waals surface area contributed by atoms with E-state index in [-0.39, 0.29) is 11.3 Å². The van der Waals surface area contributed by atoms with Crippen molar-refractivity contribution in [2.75, 3.05) is 13.7 Å². The Morgan fingerprint density at radius 1 is 1.15 bits per heavy atom. The molecule has 0 aliphatic carbocycles. The molecule has 2 aromatic rings. The predicted octanol–water partition coefficient (Wildman–Crippen LogP) is 2.75. The number of aromatic amines is 1. The Kier molecular flexibility index (Phi) is 6.33. The van der Waals surface area contributed by atoms with Gasteiger partial charge in [-0.1, -0.05) is 0 Å². The Labute approximate surface area is 155 Å². The molecule has 1 aromatic carbocycles. The summed E-state index contributed by atoms with van der Waals surface area (Å²) in [7, 11) is 1.25. The minimum Gasteiger partial charge on any atom is -0.482 e. The molecule has 0 bridgehead atoms. The number of carbonyl (C=O) groups excluding carboxylic acids is 3. The van der Waals surface area contributed by atoms with Crippen LogP contribution in [0.2, 0.25) is 0 Å². The number of methoxy groups -OCH3 is 1. The average Bonchev–Trinajstić information content (AvgIpc) is 2.94. The van der Waals surface area contributed by atoms with E-state index in [1.165, 1.54) is 38.3 Å². The summed E-state index contributed by atoms with van der Waals surface area (Å²) >= 11 is 0. The molecular weight excluding hydrogens is 357 g/mol. The normalized spacial score (nSPS) is 11.6. The lowest BCUT2D eigenvalue weighted by atomic mass is 10.1. The van der Waals surface area contributed by atoms with Gasteiger partial charge < -0.3 is 19.2 Å². The SMILES string of the molecule is COC(=O)c1c(C)[nH]c(C(=O)[C@H](C)OC(=O)COc2ccc(F)cc2)c1C. The Morgan fingerprint density at radius 2 is 1.78 bits per heavy atom. The smallest absolute Gasteiger partial charge is 0.344 e. The third-order valence-electron chi connectivity index (χ3n) is 3.92. The molecule has 0 saturated carbocycles. The summed E-state index contributed by atoms with van der Waals surface area (Å²) < 4.78 is 27.8. The van der Waals surface area contributed by atoms with Crippen LogP contribution in [-0.2, 0) is 14.3 Å². The summed E-state index contributed by atoms with van der Waals surface area (Å²) in [6, 6.07) is 5.14. The number of nitrogens with one attached hydrogen (secondary N) is 1. The quantitative estimate of drug-likeness (QED) is 0.589. The number of aromatic nitrogens is 1. The number of ketones is 1. The highest BCUT2D eigenvalue weighted by Gasteiger charge is 2.27. The zero-order chi connectivity index (χ0) is 20.1. The molecule has 0 fully saturated rings. The van der Waals surface area contributed by atoms with E-state index < -0.39 is 36.2 Å². The molecule has 0 unspecified atom stereocenters. The Balaban J connectivity index is 2.00. The Bertz CT molecular complexity index is 856. The summed E-state index contributed by atoms with van der Waals surface area (Å²) in [6.45, 7) is 4.24. The molecule has 2 rings (SSSR count). The summed E-state index contributed by atoms with van der Waals surface area (Å²) in [5.74, 6) is -1.93. The first-order chi connectivity index (χ1) is 12.7. The molecular formula is C19H20FNO6. The fraction of sp³-hybridized carbons (Fsp3) is 0.316. The van der Waals surface area contributed by atoms with Crippen LogP contribution >= 0.6 is 0 Å². The van der Waals surface area contributed by atoms with Crippen LogP contribution in [0.15, 0.2) is 24.3 Å². The van der Waals surface area contributed by atoms with Crippen molar-refractivity contribution in [2.45, 2.75) is 26.9 Å². The molecule has 7 nitrogen and oxygen atoms in total. The van der Waals surface area contributed by atoms with Gasteiger partial charge in [0, 0.05) is 5.69 Å². The molecule has 0 spiro atoms. The number of Topliss-reactive ketones (excluding diaryl/α,β-unsaturated/α-hetero) is 1. The van der Waals surface area contributed by atoms with Crippen molar-refractivity contribution in [2.24, 2.45) is 0 Å². The van der Waals surface area contributed by atoms with Gasteiger partial charge in [-0.15, -0.1) is 0 Å². The first-order valence-electron chi connectivity index (χ1n) is 8.14. The van der Waals surface area contributed by atoms with E-state index in [0.29, 0.717) is 17.0 Å². The van der Waals surface area contributed by atoms with E-state index in [1.807, 2.05) is 0 Å². The molecule has 0 aliphatic heterocycles. The zero-order valence-electron chi connectivity index (χ0n) is 15.4. The largest absolute Gasteiger partial charge is 0.482 e. The Hall–Kier alpha value is -3.16. The van der Waals surface area contributed by atoms with Crippen molar-refractivity contribution in [3.63, 3.8) is 0 Å². The van der Waals surface area contributed by atoms with Crippen LogP contribution in [0.3, 0.4) is 0 Å². The molecule has 0 amide bonds. The maximum atomic E-state index is 12.8. The monoisotopic (exact) mass is 377 g/mol. The zero-order valence-corrected chi connectivity index (χ0v) is 15.4. The van der Waals surface area contributed by atoms with Crippen LogP contribution in [0.5, 0.6) is 5.75 Å². The van der Waals surface area contributed by atoms with Crippen LogP contribution in [0.1, 0.15) is 39.0 Å². The number of H-pyrrole nitrogens is 1. The van der Waals surface area contributed by atoms with Crippen LogP contribution in [0.25, 0.3) is 0 Å². The number of esters is 2. The number of hydrogen-bond donors (Lipinski definition) is 1. The maximum absolute atomic E-state index is 12.8. The van der Waals surface area contributed by atoms with Gasteiger partial charge >= 0.3 is 11.9 Å². The van der Waals surface area contributed by atoms with Gasteiger partial charge in [0.05, 0.1) is 18.4 Å². The van der Waals surface area contributed by atoms with Gasteiger partial charge in [0.15, 0.2) is 12.7 Å². The average molecular weight is 377 g/mol. The molecule has 8 heteroatoms. The minimum absolute atomic E-state index is 0.174. The van der Waals surface area contributed by atoms with Gasteiger partial charge in [-0.05, 0) is 50.6 Å². The number of halogens is 1. The van der Waals surface area contributed by atoms with E-state index in [9.17, 15) is 18.8 Å². The summed E-state index contributed by atoms with van der Waals surface area (Å²) in [5, 5.41) is 0. The van der Waals surface area contributed by atoms with Gasteiger partial charge in [-0.25, -0.2) is 14.0 Å². The second-order valence-electron chi connectivity index (χ2n) is 5.86. The van der Waals surface area contributed by atoms with Crippen molar-refractivity contribution >= 4 is 17.7 Å². The van der Waals surface area contributed by atoms with Gasteiger partial charge in [0.25, 0.3) is 0 Å². The number of hydrogen-bond acceptors (Lipinski definition) is 6. The molecule has 0 aliphatic rings. The molecule has 1 aromatic heterocycles. The van der Waals surface area contributed by atoms with Crippen molar-refractivity contribution < 1.29 is 33.0 Å². The topological polar surface area (TPSA) is 94.7 Å². The van der Waals surface area contributed by atoms with Crippen molar-refractivity contribution in [1.29, 1.82) is 0 Å². The molecule has 0 radical (unpaired) electrons. The van der Waals surface area contributed by atoms with E-state index >= 15 is 0 Å². The number of aryl methyl sites for hydroxylation is 1. The molecule has 1 atom stereocenters. The van der Waals surface area contributed by atoms with Crippen molar-refractivity contribution in [1.82, 2.24) is 4.98 Å². The molecule has 0 saturated heterocycles. The summed E-state index contributed by atoms with van der Waals surface area (Å²) in [4.78, 5) is 39.1. The fourth-order valence-electron chi connectivity index (χ4n) is 2.57.